The maximum atomic E-state index is 6.15. The lowest BCUT2D eigenvalue weighted by Gasteiger charge is -2.12. The number of halogens is 1. The molecule has 0 N–H and O–H groups in total. The Labute approximate surface area is 195 Å². The Kier molecular flexibility index (Phi) is 6.05. The van der Waals surface area contributed by atoms with Gasteiger partial charge in [-0.05, 0) is 42.0 Å². The number of hydrogen-bond acceptors (Lipinski definition) is 5. The molecule has 2 heterocycles. The van der Waals surface area contributed by atoms with Crippen molar-refractivity contribution in [3.8, 4) is 11.4 Å². The van der Waals surface area contributed by atoms with Crippen molar-refractivity contribution in [2.24, 2.45) is 0 Å². The minimum absolute atomic E-state index is 0.277. The Hall–Kier alpha value is -3.35. The van der Waals surface area contributed by atoms with Gasteiger partial charge in [-0.1, -0.05) is 71.9 Å². The standard InChI is InChI=1S/C25H19ClN4OS/c26-20-13-11-18(12-14-20)17-32-25-29-28-23(30(25)21-8-2-1-3-9-21)16-31-22-10-4-6-19-7-5-15-27-24(19)22/h1-15H,16-17H2. The van der Waals surface area contributed by atoms with Crippen molar-refractivity contribution in [1.29, 1.82) is 0 Å². The second-order valence-corrected chi connectivity index (χ2v) is 8.48. The molecule has 0 unspecified atom stereocenters. The largest absolute Gasteiger partial charge is 0.483 e. The van der Waals surface area contributed by atoms with E-state index >= 15 is 0 Å². The Morgan fingerprint density at radius 1 is 0.844 bits per heavy atom. The summed E-state index contributed by atoms with van der Waals surface area (Å²) in [5, 5.41) is 11.5. The van der Waals surface area contributed by atoms with Crippen molar-refractivity contribution in [2.75, 3.05) is 0 Å². The molecular formula is C25H19ClN4OS. The zero-order chi connectivity index (χ0) is 21.8. The third-order valence-corrected chi connectivity index (χ3v) is 6.20. The molecule has 0 saturated carbocycles. The van der Waals surface area contributed by atoms with Crippen LogP contribution in [0.4, 0.5) is 0 Å². The summed E-state index contributed by atoms with van der Waals surface area (Å²) in [6.45, 7) is 0.277. The first-order valence-corrected chi connectivity index (χ1v) is 11.5. The number of benzene rings is 3. The van der Waals surface area contributed by atoms with Crippen LogP contribution in [-0.2, 0) is 12.4 Å². The topological polar surface area (TPSA) is 52.8 Å². The van der Waals surface area contributed by atoms with Crippen LogP contribution in [-0.4, -0.2) is 19.7 Å². The zero-order valence-electron chi connectivity index (χ0n) is 17.1. The molecule has 5 rings (SSSR count). The van der Waals surface area contributed by atoms with E-state index in [2.05, 4.69) is 15.2 Å². The number of rotatable bonds is 7. The first kappa shape index (κ1) is 20.5. The Morgan fingerprint density at radius 3 is 2.50 bits per heavy atom. The number of hydrogen-bond donors (Lipinski definition) is 0. The van der Waals surface area contributed by atoms with Gasteiger partial charge in [-0.3, -0.25) is 9.55 Å². The fourth-order valence-corrected chi connectivity index (χ4v) is 4.44. The van der Waals surface area contributed by atoms with Crippen molar-refractivity contribution in [3.63, 3.8) is 0 Å². The molecule has 0 aliphatic carbocycles. The molecule has 0 aliphatic rings. The number of aromatic nitrogens is 4. The molecule has 5 nitrogen and oxygen atoms in total. The van der Waals surface area contributed by atoms with Crippen LogP contribution in [0.3, 0.4) is 0 Å². The van der Waals surface area contributed by atoms with E-state index in [1.165, 1.54) is 5.56 Å². The Bertz CT molecular complexity index is 1330. The van der Waals surface area contributed by atoms with Gasteiger partial charge in [-0.25, -0.2) is 0 Å². The summed E-state index contributed by atoms with van der Waals surface area (Å²) < 4.78 is 8.19. The summed E-state index contributed by atoms with van der Waals surface area (Å²) >= 11 is 7.63. The highest BCUT2D eigenvalue weighted by Crippen LogP contribution is 2.28. The van der Waals surface area contributed by atoms with E-state index in [1.807, 2.05) is 89.5 Å². The van der Waals surface area contributed by atoms with Gasteiger partial charge in [-0.15, -0.1) is 10.2 Å². The van der Waals surface area contributed by atoms with E-state index in [1.54, 1.807) is 18.0 Å². The predicted octanol–water partition coefficient (Wildman–Crippen LogP) is 6.34. The van der Waals surface area contributed by atoms with Crippen LogP contribution < -0.4 is 4.74 Å². The molecule has 0 saturated heterocycles. The number of nitrogens with zero attached hydrogens (tertiary/aromatic N) is 4. The quantitative estimate of drug-likeness (QED) is 0.266. The van der Waals surface area contributed by atoms with E-state index in [9.17, 15) is 0 Å². The highest BCUT2D eigenvalue weighted by Gasteiger charge is 2.16. The van der Waals surface area contributed by atoms with Gasteiger partial charge in [0.15, 0.2) is 11.0 Å². The number of para-hydroxylation sites is 2. The van der Waals surface area contributed by atoms with E-state index < -0.39 is 0 Å². The van der Waals surface area contributed by atoms with Crippen LogP contribution >= 0.6 is 23.4 Å². The van der Waals surface area contributed by atoms with Gasteiger partial charge in [0, 0.05) is 28.0 Å². The summed E-state index contributed by atoms with van der Waals surface area (Å²) in [6.07, 6.45) is 1.77. The lowest BCUT2D eigenvalue weighted by molar-refractivity contribution is 0.296. The normalized spacial score (nSPS) is 11.0. The van der Waals surface area contributed by atoms with Crippen LogP contribution in [0.5, 0.6) is 5.75 Å². The number of fused-ring (bicyclic) bond motifs is 1. The fourth-order valence-electron chi connectivity index (χ4n) is 3.39. The molecule has 0 amide bonds. The lowest BCUT2D eigenvalue weighted by atomic mass is 10.2. The van der Waals surface area contributed by atoms with E-state index in [0.29, 0.717) is 0 Å². The average Bonchev–Trinajstić information content (AvgIpc) is 3.25. The monoisotopic (exact) mass is 458 g/mol. The first-order chi connectivity index (χ1) is 15.8. The first-order valence-electron chi connectivity index (χ1n) is 10.1. The molecule has 0 bridgehead atoms. The molecule has 158 valence electrons. The van der Waals surface area contributed by atoms with Gasteiger partial charge >= 0.3 is 0 Å². The molecule has 5 aromatic rings. The fraction of sp³-hybridized carbons (Fsp3) is 0.0800. The second kappa shape index (κ2) is 9.42. The maximum Gasteiger partial charge on any atom is 0.196 e. The zero-order valence-corrected chi connectivity index (χ0v) is 18.6. The van der Waals surface area contributed by atoms with Crippen LogP contribution in [0, 0.1) is 0 Å². The summed E-state index contributed by atoms with van der Waals surface area (Å²) in [4.78, 5) is 4.47. The van der Waals surface area contributed by atoms with E-state index in [0.717, 1.165) is 44.1 Å². The van der Waals surface area contributed by atoms with Crippen LogP contribution in [0.2, 0.25) is 5.02 Å². The summed E-state index contributed by atoms with van der Waals surface area (Å²) in [5.41, 5.74) is 2.99. The van der Waals surface area contributed by atoms with E-state index in [4.69, 9.17) is 16.3 Å². The highest BCUT2D eigenvalue weighted by molar-refractivity contribution is 7.98. The maximum absolute atomic E-state index is 6.15. The Morgan fingerprint density at radius 2 is 1.66 bits per heavy atom. The smallest absolute Gasteiger partial charge is 0.196 e. The van der Waals surface area contributed by atoms with Gasteiger partial charge in [0.1, 0.15) is 17.9 Å². The highest BCUT2D eigenvalue weighted by atomic mass is 35.5. The van der Waals surface area contributed by atoms with Gasteiger partial charge < -0.3 is 4.74 Å². The molecule has 0 aliphatic heterocycles. The molecular weight excluding hydrogens is 440 g/mol. The second-order valence-electron chi connectivity index (χ2n) is 7.10. The number of ether oxygens (including phenoxy) is 1. The van der Waals surface area contributed by atoms with Crippen LogP contribution in [0.25, 0.3) is 16.6 Å². The molecule has 0 spiro atoms. The van der Waals surface area contributed by atoms with Gasteiger partial charge in [0.2, 0.25) is 0 Å². The van der Waals surface area contributed by atoms with Crippen LogP contribution in [0.15, 0.2) is 96.3 Å². The van der Waals surface area contributed by atoms with Crippen molar-refractivity contribution < 1.29 is 4.74 Å². The summed E-state index contributed by atoms with van der Waals surface area (Å²) in [7, 11) is 0. The van der Waals surface area contributed by atoms with Gasteiger partial charge in [0.05, 0.1) is 0 Å². The molecule has 0 fully saturated rings. The van der Waals surface area contributed by atoms with Crippen LogP contribution in [0.1, 0.15) is 11.4 Å². The molecule has 7 heteroatoms. The van der Waals surface area contributed by atoms with Gasteiger partial charge in [-0.2, -0.15) is 0 Å². The minimum atomic E-state index is 0.277. The SMILES string of the molecule is Clc1ccc(CSc2nnc(COc3cccc4cccnc34)n2-c2ccccc2)cc1. The average molecular weight is 459 g/mol. The molecule has 32 heavy (non-hydrogen) atoms. The Balaban J connectivity index is 1.42. The molecule has 2 aromatic heterocycles. The van der Waals surface area contributed by atoms with Crippen molar-refractivity contribution >= 4 is 34.3 Å². The van der Waals surface area contributed by atoms with E-state index in [-0.39, 0.29) is 6.61 Å². The van der Waals surface area contributed by atoms with Crippen molar-refractivity contribution in [3.05, 3.63) is 108 Å². The third-order valence-electron chi connectivity index (χ3n) is 4.95. The molecule has 0 radical (unpaired) electrons. The number of thioether (sulfide) groups is 1. The van der Waals surface area contributed by atoms with Crippen molar-refractivity contribution in [2.45, 2.75) is 17.5 Å². The predicted molar refractivity (Wildman–Crippen MR) is 128 cm³/mol. The third kappa shape index (κ3) is 4.47. The summed E-state index contributed by atoms with van der Waals surface area (Å²) in [6, 6.07) is 27.8. The summed E-state index contributed by atoms with van der Waals surface area (Å²) in [5.74, 6) is 2.21. The molecule has 0 atom stereocenters. The van der Waals surface area contributed by atoms with Gasteiger partial charge in [0.25, 0.3) is 0 Å². The lowest BCUT2D eigenvalue weighted by Crippen LogP contribution is -2.07. The van der Waals surface area contributed by atoms with Crippen molar-refractivity contribution in [1.82, 2.24) is 19.7 Å². The minimum Gasteiger partial charge on any atom is -0.483 e. The molecule has 3 aromatic carbocycles. The number of pyridine rings is 1.